The van der Waals surface area contributed by atoms with Gasteiger partial charge in [-0.25, -0.2) is 0 Å². The Morgan fingerprint density at radius 1 is 1.00 bits per heavy atom. The van der Waals surface area contributed by atoms with E-state index in [0.717, 1.165) is 23.9 Å². The van der Waals surface area contributed by atoms with Gasteiger partial charge in [-0.15, -0.1) is 0 Å². The van der Waals surface area contributed by atoms with E-state index in [0.29, 0.717) is 0 Å². The Morgan fingerprint density at radius 2 is 1.65 bits per heavy atom. The SMILES string of the molecule is CNC1CCN(C2CCCCC2C(C)C)CC1. The van der Waals surface area contributed by atoms with Gasteiger partial charge >= 0.3 is 0 Å². The molecule has 2 rings (SSSR count). The normalized spacial score (nSPS) is 33.2. The highest BCUT2D eigenvalue weighted by atomic mass is 15.2. The maximum absolute atomic E-state index is 3.43. The molecule has 2 fully saturated rings. The van der Waals surface area contributed by atoms with Crippen LogP contribution in [0.5, 0.6) is 0 Å². The summed E-state index contributed by atoms with van der Waals surface area (Å²) in [6.07, 6.45) is 8.53. The molecule has 0 bridgehead atoms. The van der Waals surface area contributed by atoms with Crippen LogP contribution in [-0.2, 0) is 0 Å². The molecule has 0 radical (unpaired) electrons. The molecule has 1 saturated carbocycles. The van der Waals surface area contributed by atoms with Crippen molar-refractivity contribution in [3.05, 3.63) is 0 Å². The molecule has 2 atom stereocenters. The predicted octanol–water partition coefficient (Wildman–Crippen LogP) is 2.89. The second-order valence-corrected chi connectivity index (χ2v) is 6.36. The predicted molar refractivity (Wildman–Crippen MR) is 74.2 cm³/mol. The molecular formula is C15H30N2. The van der Waals surface area contributed by atoms with Crippen molar-refractivity contribution in [3.63, 3.8) is 0 Å². The van der Waals surface area contributed by atoms with Crippen molar-refractivity contribution in [1.29, 1.82) is 0 Å². The Hall–Kier alpha value is -0.0800. The molecule has 1 heterocycles. The van der Waals surface area contributed by atoms with Crippen molar-refractivity contribution >= 4 is 0 Å². The van der Waals surface area contributed by atoms with Crippen molar-refractivity contribution in [2.45, 2.75) is 64.5 Å². The Balaban J connectivity index is 1.91. The molecule has 100 valence electrons. The van der Waals surface area contributed by atoms with Crippen LogP contribution in [0.3, 0.4) is 0 Å². The minimum Gasteiger partial charge on any atom is -0.317 e. The van der Waals surface area contributed by atoms with Crippen LogP contribution in [0.1, 0.15) is 52.4 Å². The van der Waals surface area contributed by atoms with Crippen LogP contribution in [0, 0.1) is 11.8 Å². The molecule has 1 saturated heterocycles. The minimum absolute atomic E-state index is 0.771. The van der Waals surface area contributed by atoms with Gasteiger partial charge in [0, 0.05) is 12.1 Å². The lowest BCUT2D eigenvalue weighted by Crippen LogP contribution is -2.50. The van der Waals surface area contributed by atoms with Gasteiger partial charge in [0.1, 0.15) is 0 Å². The molecule has 1 aliphatic carbocycles. The van der Waals surface area contributed by atoms with Crippen molar-refractivity contribution < 1.29 is 0 Å². The molecule has 1 N–H and O–H groups in total. The maximum atomic E-state index is 3.43. The third kappa shape index (κ3) is 3.23. The second-order valence-electron chi connectivity index (χ2n) is 6.36. The lowest BCUT2D eigenvalue weighted by molar-refractivity contribution is 0.0564. The molecule has 0 aromatic carbocycles. The van der Waals surface area contributed by atoms with Gasteiger partial charge < -0.3 is 5.32 Å². The van der Waals surface area contributed by atoms with Gasteiger partial charge in [-0.3, -0.25) is 4.90 Å². The molecule has 2 nitrogen and oxygen atoms in total. The standard InChI is InChI=1S/C15H30N2/c1-12(2)14-6-4-5-7-15(14)17-10-8-13(16-3)9-11-17/h12-16H,4-11H2,1-3H3. The minimum atomic E-state index is 0.771. The first-order valence-corrected chi connectivity index (χ1v) is 7.63. The Bertz CT molecular complexity index is 219. The Morgan fingerprint density at radius 3 is 2.24 bits per heavy atom. The van der Waals surface area contributed by atoms with Gasteiger partial charge in [0.05, 0.1) is 0 Å². The smallest absolute Gasteiger partial charge is 0.0126 e. The molecule has 0 spiro atoms. The van der Waals surface area contributed by atoms with E-state index in [9.17, 15) is 0 Å². The van der Waals surface area contributed by atoms with Crippen molar-refractivity contribution in [2.24, 2.45) is 11.8 Å². The highest BCUT2D eigenvalue weighted by Crippen LogP contribution is 2.34. The number of likely N-dealkylation sites (tertiary alicyclic amines) is 1. The number of piperidine rings is 1. The van der Waals surface area contributed by atoms with Crippen molar-refractivity contribution in [1.82, 2.24) is 10.2 Å². The van der Waals surface area contributed by atoms with Crippen LogP contribution in [-0.4, -0.2) is 37.1 Å². The lowest BCUT2D eigenvalue weighted by atomic mass is 9.76. The van der Waals surface area contributed by atoms with Gasteiger partial charge in [0.2, 0.25) is 0 Å². The topological polar surface area (TPSA) is 15.3 Å². The average Bonchev–Trinajstić information content (AvgIpc) is 2.39. The molecule has 17 heavy (non-hydrogen) atoms. The van der Waals surface area contributed by atoms with Gasteiger partial charge in [-0.05, 0) is 57.7 Å². The highest BCUT2D eigenvalue weighted by molar-refractivity contribution is 4.88. The van der Waals surface area contributed by atoms with Crippen molar-refractivity contribution in [2.75, 3.05) is 20.1 Å². The van der Waals surface area contributed by atoms with Crippen LogP contribution in [0.4, 0.5) is 0 Å². The summed E-state index contributed by atoms with van der Waals surface area (Å²) in [5.41, 5.74) is 0. The summed E-state index contributed by atoms with van der Waals surface area (Å²) in [7, 11) is 2.11. The molecule has 2 aliphatic rings. The van der Waals surface area contributed by atoms with Crippen LogP contribution < -0.4 is 5.32 Å². The summed E-state index contributed by atoms with van der Waals surface area (Å²) < 4.78 is 0. The summed E-state index contributed by atoms with van der Waals surface area (Å²) in [5.74, 6) is 1.82. The van der Waals surface area contributed by atoms with Crippen molar-refractivity contribution in [3.8, 4) is 0 Å². The van der Waals surface area contributed by atoms with Gasteiger partial charge in [-0.2, -0.15) is 0 Å². The average molecular weight is 238 g/mol. The molecule has 0 amide bonds. The van der Waals surface area contributed by atoms with Crippen LogP contribution >= 0.6 is 0 Å². The molecule has 2 unspecified atom stereocenters. The first-order valence-electron chi connectivity index (χ1n) is 7.63. The van der Waals surface area contributed by atoms with E-state index in [2.05, 4.69) is 31.1 Å². The largest absolute Gasteiger partial charge is 0.317 e. The van der Waals surface area contributed by atoms with E-state index in [1.165, 1.54) is 51.6 Å². The maximum Gasteiger partial charge on any atom is 0.0126 e. The zero-order valence-electron chi connectivity index (χ0n) is 11.9. The first-order chi connectivity index (χ1) is 8.22. The molecule has 2 heteroatoms. The number of rotatable bonds is 3. The fourth-order valence-corrected chi connectivity index (χ4v) is 3.89. The fraction of sp³-hybridized carbons (Fsp3) is 1.00. The van der Waals surface area contributed by atoms with Gasteiger partial charge in [0.25, 0.3) is 0 Å². The number of hydrogen-bond donors (Lipinski definition) is 1. The highest BCUT2D eigenvalue weighted by Gasteiger charge is 2.33. The number of hydrogen-bond acceptors (Lipinski definition) is 2. The fourth-order valence-electron chi connectivity index (χ4n) is 3.89. The summed E-state index contributed by atoms with van der Waals surface area (Å²) in [5, 5.41) is 3.43. The Kier molecular flexibility index (Phi) is 4.87. The molecule has 1 aliphatic heterocycles. The summed E-state index contributed by atoms with van der Waals surface area (Å²) in [4.78, 5) is 2.80. The van der Waals surface area contributed by atoms with Gasteiger partial charge in [0.15, 0.2) is 0 Å². The van der Waals surface area contributed by atoms with Crippen LogP contribution in [0.2, 0.25) is 0 Å². The number of nitrogens with zero attached hydrogens (tertiary/aromatic N) is 1. The number of nitrogens with one attached hydrogen (secondary N) is 1. The first kappa shape index (κ1) is 13.4. The summed E-state index contributed by atoms with van der Waals surface area (Å²) in [6, 6.07) is 1.66. The monoisotopic (exact) mass is 238 g/mol. The quantitative estimate of drug-likeness (QED) is 0.813. The third-order valence-corrected chi connectivity index (χ3v) is 5.04. The molecule has 0 aromatic rings. The van der Waals surface area contributed by atoms with Crippen LogP contribution in [0.15, 0.2) is 0 Å². The van der Waals surface area contributed by atoms with E-state index in [4.69, 9.17) is 0 Å². The zero-order chi connectivity index (χ0) is 12.3. The van der Waals surface area contributed by atoms with Crippen LogP contribution in [0.25, 0.3) is 0 Å². The van der Waals surface area contributed by atoms with E-state index >= 15 is 0 Å². The second kappa shape index (κ2) is 6.19. The molecular weight excluding hydrogens is 208 g/mol. The van der Waals surface area contributed by atoms with E-state index < -0.39 is 0 Å². The summed E-state index contributed by atoms with van der Waals surface area (Å²) >= 11 is 0. The van der Waals surface area contributed by atoms with Gasteiger partial charge in [-0.1, -0.05) is 26.7 Å². The lowest BCUT2D eigenvalue weighted by Gasteiger charge is -2.44. The summed E-state index contributed by atoms with van der Waals surface area (Å²) in [6.45, 7) is 7.48. The third-order valence-electron chi connectivity index (χ3n) is 5.04. The van der Waals surface area contributed by atoms with E-state index in [1.54, 1.807) is 0 Å². The van der Waals surface area contributed by atoms with E-state index in [-0.39, 0.29) is 0 Å². The van der Waals surface area contributed by atoms with E-state index in [1.807, 2.05) is 0 Å². The molecule has 0 aromatic heterocycles. The zero-order valence-corrected chi connectivity index (χ0v) is 11.9. The Labute approximate surface area is 107 Å².